The van der Waals surface area contributed by atoms with E-state index in [9.17, 15) is 0 Å². The van der Waals surface area contributed by atoms with Crippen LogP contribution >= 0.6 is 11.6 Å². The minimum absolute atomic E-state index is 0.138. The highest BCUT2D eigenvalue weighted by atomic mass is 35.5. The van der Waals surface area contributed by atoms with Crippen molar-refractivity contribution in [2.75, 3.05) is 5.32 Å². The van der Waals surface area contributed by atoms with Gasteiger partial charge in [-0.25, -0.2) is 0 Å². The van der Waals surface area contributed by atoms with E-state index in [1.807, 2.05) is 24.3 Å². The normalized spacial score (nSPS) is 11.6. The summed E-state index contributed by atoms with van der Waals surface area (Å²) in [5.41, 5.74) is 2.54. The fourth-order valence-corrected chi connectivity index (χ4v) is 1.97. The van der Waals surface area contributed by atoms with Gasteiger partial charge in [-0.2, -0.15) is 5.26 Å². The van der Waals surface area contributed by atoms with Gasteiger partial charge >= 0.3 is 0 Å². The quantitative estimate of drug-likeness (QED) is 0.884. The molecule has 3 heteroatoms. The second-order valence-electron chi connectivity index (χ2n) is 4.08. The molecule has 0 aromatic heterocycles. The molecule has 2 aromatic rings. The maximum atomic E-state index is 9.08. The summed E-state index contributed by atoms with van der Waals surface area (Å²) in [5.74, 6) is 0. The molecule has 0 radical (unpaired) electrons. The predicted octanol–water partition coefficient (Wildman–Crippen LogP) is 4.38. The third-order valence-corrected chi connectivity index (χ3v) is 3.01. The highest BCUT2D eigenvalue weighted by Crippen LogP contribution is 2.24. The van der Waals surface area contributed by atoms with E-state index >= 15 is 0 Å². The second kappa shape index (κ2) is 5.57. The molecule has 2 aromatic carbocycles. The molecule has 1 atom stereocenters. The Kier molecular flexibility index (Phi) is 3.86. The van der Waals surface area contributed by atoms with Gasteiger partial charge in [-0.1, -0.05) is 41.9 Å². The first-order chi connectivity index (χ1) is 8.70. The maximum absolute atomic E-state index is 9.08. The summed E-state index contributed by atoms with van der Waals surface area (Å²) in [6.45, 7) is 2.06. The molecule has 0 aliphatic rings. The van der Waals surface area contributed by atoms with Gasteiger partial charge < -0.3 is 5.32 Å². The molecular weight excluding hydrogens is 244 g/mol. The van der Waals surface area contributed by atoms with Crippen molar-refractivity contribution in [1.82, 2.24) is 0 Å². The van der Waals surface area contributed by atoms with Crippen LogP contribution in [0.3, 0.4) is 0 Å². The molecule has 1 N–H and O–H groups in total. The largest absolute Gasteiger partial charge is 0.377 e. The zero-order valence-corrected chi connectivity index (χ0v) is 10.8. The molecule has 1 unspecified atom stereocenters. The van der Waals surface area contributed by atoms with E-state index in [1.54, 1.807) is 12.1 Å². The number of hydrogen-bond acceptors (Lipinski definition) is 2. The van der Waals surface area contributed by atoms with Gasteiger partial charge in [0.1, 0.15) is 6.07 Å². The summed E-state index contributed by atoms with van der Waals surface area (Å²) < 4.78 is 0. The highest BCUT2D eigenvalue weighted by molar-refractivity contribution is 6.30. The van der Waals surface area contributed by atoms with Crippen LogP contribution < -0.4 is 5.32 Å². The van der Waals surface area contributed by atoms with Gasteiger partial charge in [0.2, 0.25) is 0 Å². The number of hydrogen-bond donors (Lipinski definition) is 1. The van der Waals surface area contributed by atoms with E-state index in [0.29, 0.717) is 10.6 Å². The van der Waals surface area contributed by atoms with Crippen molar-refractivity contribution < 1.29 is 0 Å². The molecule has 0 fully saturated rings. The molecule has 0 amide bonds. The third-order valence-electron chi connectivity index (χ3n) is 2.77. The van der Waals surface area contributed by atoms with Gasteiger partial charge in [0, 0.05) is 11.1 Å². The minimum atomic E-state index is 0.138. The van der Waals surface area contributed by atoms with E-state index in [0.717, 1.165) is 5.69 Å². The monoisotopic (exact) mass is 256 g/mol. The number of halogens is 1. The Labute approximate surface area is 112 Å². The van der Waals surface area contributed by atoms with Crippen LogP contribution in [0.5, 0.6) is 0 Å². The average molecular weight is 257 g/mol. The lowest BCUT2D eigenvalue weighted by molar-refractivity contribution is 0.884. The summed E-state index contributed by atoms with van der Waals surface area (Å²) in [7, 11) is 0. The Morgan fingerprint density at radius 2 is 1.89 bits per heavy atom. The molecule has 18 heavy (non-hydrogen) atoms. The number of nitrogens with zero attached hydrogens (tertiary/aromatic N) is 1. The lowest BCUT2D eigenvalue weighted by Crippen LogP contribution is -2.07. The lowest BCUT2D eigenvalue weighted by Gasteiger charge is -2.16. The van der Waals surface area contributed by atoms with Gasteiger partial charge in [0.25, 0.3) is 0 Å². The molecule has 0 bridgehead atoms. The van der Waals surface area contributed by atoms with Crippen molar-refractivity contribution in [2.45, 2.75) is 13.0 Å². The van der Waals surface area contributed by atoms with Crippen LogP contribution in [-0.2, 0) is 0 Å². The van der Waals surface area contributed by atoms with Crippen molar-refractivity contribution in [1.29, 1.82) is 5.26 Å². The van der Waals surface area contributed by atoms with Gasteiger partial charge in [-0.05, 0) is 30.7 Å². The summed E-state index contributed by atoms with van der Waals surface area (Å²) in [6.07, 6.45) is 0. The summed E-state index contributed by atoms with van der Waals surface area (Å²) in [5, 5.41) is 13.0. The van der Waals surface area contributed by atoms with Crippen molar-refractivity contribution in [3.63, 3.8) is 0 Å². The number of nitriles is 1. The lowest BCUT2D eigenvalue weighted by atomic mass is 10.1. The topological polar surface area (TPSA) is 35.8 Å². The van der Waals surface area contributed by atoms with Crippen molar-refractivity contribution >= 4 is 17.3 Å². The number of benzene rings is 2. The van der Waals surface area contributed by atoms with Crippen LogP contribution in [0, 0.1) is 11.3 Å². The van der Waals surface area contributed by atoms with Crippen molar-refractivity contribution in [3.8, 4) is 6.07 Å². The van der Waals surface area contributed by atoms with Crippen molar-refractivity contribution in [3.05, 3.63) is 64.7 Å². The highest BCUT2D eigenvalue weighted by Gasteiger charge is 2.08. The predicted molar refractivity (Wildman–Crippen MR) is 74.6 cm³/mol. The SMILES string of the molecule is CC(Nc1ccc(Cl)cc1C#N)c1ccccc1. The Morgan fingerprint density at radius 1 is 1.17 bits per heavy atom. The first-order valence-electron chi connectivity index (χ1n) is 5.72. The molecule has 0 saturated carbocycles. The minimum Gasteiger partial charge on any atom is -0.377 e. The Balaban J connectivity index is 2.22. The molecule has 0 heterocycles. The smallest absolute Gasteiger partial charge is 0.101 e. The fraction of sp³-hybridized carbons (Fsp3) is 0.133. The van der Waals surface area contributed by atoms with Crippen LogP contribution in [0.2, 0.25) is 5.02 Å². The molecule has 0 aliphatic carbocycles. The van der Waals surface area contributed by atoms with E-state index in [1.165, 1.54) is 5.56 Å². The molecular formula is C15H13ClN2. The number of rotatable bonds is 3. The Hall–Kier alpha value is -1.98. The van der Waals surface area contributed by atoms with Gasteiger partial charge in [0.15, 0.2) is 0 Å². The summed E-state index contributed by atoms with van der Waals surface area (Å²) in [4.78, 5) is 0. The van der Waals surface area contributed by atoms with Gasteiger partial charge in [-0.15, -0.1) is 0 Å². The first kappa shape index (κ1) is 12.5. The molecule has 0 spiro atoms. The fourth-order valence-electron chi connectivity index (χ4n) is 1.79. The maximum Gasteiger partial charge on any atom is 0.101 e. The van der Waals surface area contributed by atoms with E-state index in [2.05, 4.69) is 30.4 Å². The molecule has 2 nitrogen and oxygen atoms in total. The standard InChI is InChI=1S/C15H13ClN2/c1-11(12-5-3-2-4-6-12)18-15-8-7-14(16)9-13(15)10-17/h2-9,11,18H,1H3. The molecule has 0 aliphatic heterocycles. The van der Waals surface area contributed by atoms with Crippen LogP contribution in [0.1, 0.15) is 24.1 Å². The van der Waals surface area contributed by atoms with E-state index < -0.39 is 0 Å². The van der Waals surface area contributed by atoms with E-state index in [4.69, 9.17) is 16.9 Å². The Bertz CT molecular complexity index is 573. The van der Waals surface area contributed by atoms with Crippen LogP contribution in [0.15, 0.2) is 48.5 Å². The summed E-state index contributed by atoms with van der Waals surface area (Å²) in [6, 6.07) is 17.7. The van der Waals surface area contributed by atoms with Crippen LogP contribution in [-0.4, -0.2) is 0 Å². The zero-order chi connectivity index (χ0) is 13.0. The third kappa shape index (κ3) is 2.82. The van der Waals surface area contributed by atoms with Crippen LogP contribution in [0.25, 0.3) is 0 Å². The average Bonchev–Trinajstić information content (AvgIpc) is 2.41. The van der Waals surface area contributed by atoms with Crippen LogP contribution in [0.4, 0.5) is 5.69 Å². The second-order valence-corrected chi connectivity index (χ2v) is 4.51. The first-order valence-corrected chi connectivity index (χ1v) is 6.09. The van der Waals surface area contributed by atoms with Gasteiger partial charge in [-0.3, -0.25) is 0 Å². The molecule has 90 valence electrons. The Morgan fingerprint density at radius 3 is 2.56 bits per heavy atom. The summed E-state index contributed by atoms with van der Waals surface area (Å²) >= 11 is 5.87. The number of nitrogens with one attached hydrogen (secondary N) is 1. The molecule has 0 saturated heterocycles. The van der Waals surface area contributed by atoms with Gasteiger partial charge in [0.05, 0.1) is 11.3 Å². The number of anilines is 1. The van der Waals surface area contributed by atoms with E-state index in [-0.39, 0.29) is 6.04 Å². The van der Waals surface area contributed by atoms with Crippen molar-refractivity contribution in [2.24, 2.45) is 0 Å². The molecule has 2 rings (SSSR count). The zero-order valence-electron chi connectivity index (χ0n) is 10.0.